The third-order valence-corrected chi connectivity index (χ3v) is 4.52. The lowest BCUT2D eigenvalue weighted by atomic mass is 9.80. The summed E-state index contributed by atoms with van der Waals surface area (Å²) in [5.74, 6) is 0.464. The lowest BCUT2D eigenvalue weighted by Crippen LogP contribution is -2.38. The molecule has 6 nitrogen and oxygen atoms in total. The van der Waals surface area contributed by atoms with Gasteiger partial charge in [-0.25, -0.2) is 13.3 Å². The van der Waals surface area contributed by atoms with Crippen LogP contribution in [0.2, 0.25) is 0 Å². The van der Waals surface area contributed by atoms with Crippen molar-refractivity contribution in [2.75, 3.05) is 7.05 Å². The Labute approximate surface area is 117 Å². The topological polar surface area (TPSA) is 92.9 Å². The first-order valence-corrected chi connectivity index (χ1v) is 7.60. The van der Waals surface area contributed by atoms with Crippen molar-refractivity contribution >= 4 is 17.4 Å². The fourth-order valence-corrected chi connectivity index (χ4v) is 3.32. The molecular formula is C12H24N2O4S. The fourth-order valence-electron chi connectivity index (χ4n) is 2.85. The summed E-state index contributed by atoms with van der Waals surface area (Å²) < 4.78 is 26.6. The van der Waals surface area contributed by atoms with Crippen molar-refractivity contribution in [3.05, 3.63) is 0 Å². The van der Waals surface area contributed by atoms with Crippen LogP contribution in [0.3, 0.4) is 0 Å². The summed E-state index contributed by atoms with van der Waals surface area (Å²) in [6.07, 6.45) is 3.75. The second-order valence-corrected chi connectivity index (χ2v) is 6.87. The van der Waals surface area contributed by atoms with Gasteiger partial charge in [0, 0.05) is 13.1 Å². The Morgan fingerprint density at radius 1 is 1.42 bits per heavy atom. The quantitative estimate of drug-likeness (QED) is 0.757. The molecule has 0 aliphatic heterocycles. The van der Waals surface area contributed by atoms with Crippen molar-refractivity contribution in [1.29, 1.82) is 0 Å². The fraction of sp³-hybridized carbons (Fsp3) is 0.917. The van der Waals surface area contributed by atoms with Crippen molar-refractivity contribution in [2.45, 2.75) is 57.6 Å². The summed E-state index contributed by atoms with van der Waals surface area (Å²) in [5.41, 5.74) is 4.50. The van der Waals surface area contributed by atoms with E-state index < -0.39 is 23.0 Å². The molecule has 1 aliphatic rings. The molecule has 7 heteroatoms. The van der Waals surface area contributed by atoms with Crippen LogP contribution < -0.4 is 5.73 Å². The molecule has 1 atom stereocenters. The third kappa shape index (κ3) is 5.46. The summed E-state index contributed by atoms with van der Waals surface area (Å²) in [7, 11) is 1.67. The van der Waals surface area contributed by atoms with Gasteiger partial charge in [-0.3, -0.25) is 4.55 Å². The van der Waals surface area contributed by atoms with Gasteiger partial charge >= 0.3 is 6.09 Å². The van der Waals surface area contributed by atoms with E-state index in [-0.39, 0.29) is 6.04 Å². The predicted octanol–water partition coefficient (Wildman–Crippen LogP) is 1.88. The van der Waals surface area contributed by atoms with Gasteiger partial charge in [0.2, 0.25) is 11.3 Å². The monoisotopic (exact) mass is 292 g/mol. The zero-order valence-electron chi connectivity index (χ0n) is 11.8. The number of nitrogens with two attached hydrogens (primary N) is 1. The van der Waals surface area contributed by atoms with Gasteiger partial charge in [0.05, 0.1) is 0 Å². The molecule has 1 fully saturated rings. The van der Waals surface area contributed by atoms with E-state index in [2.05, 4.69) is 0 Å². The van der Waals surface area contributed by atoms with E-state index in [1.807, 2.05) is 13.8 Å². The van der Waals surface area contributed by atoms with Gasteiger partial charge in [-0.1, -0.05) is 0 Å². The maximum absolute atomic E-state index is 11.0. The Bertz CT molecular complexity index is 341. The first kappa shape index (κ1) is 16.4. The number of rotatable bonds is 5. The zero-order valence-corrected chi connectivity index (χ0v) is 12.6. The summed E-state index contributed by atoms with van der Waals surface area (Å²) in [4.78, 5) is 10.8. The molecule has 0 aromatic heterocycles. The number of carbonyl (C=O) groups excluding carboxylic acids is 1. The van der Waals surface area contributed by atoms with Gasteiger partial charge in [-0.15, -0.1) is 0 Å². The van der Waals surface area contributed by atoms with Crippen LogP contribution in [0.4, 0.5) is 4.79 Å². The minimum absolute atomic E-state index is 0.155. The molecule has 1 saturated carbocycles. The van der Waals surface area contributed by atoms with Gasteiger partial charge in [-0.05, 0) is 51.9 Å². The molecule has 19 heavy (non-hydrogen) atoms. The molecule has 1 rings (SSSR count). The highest BCUT2D eigenvalue weighted by Gasteiger charge is 2.31. The van der Waals surface area contributed by atoms with Crippen molar-refractivity contribution < 1.29 is 18.3 Å². The molecule has 0 aromatic carbocycles. The van der Waals surface area contributed by atoms with Crippen molar-refractivity contribution in [3.63, 3.8) is 0 Å². The first-order valence-electron chi connectivity index (χ1n) is 6.53. The van der Waals surface area contributed by atoms with Crippen molar-refractivity contribution in [2.24, 2.45) is 11.7 Å². The lowest BCUT2D eigenvalue weighted by molar-refractivity contribution is 0.0196. The van der Waals surface area contributed by atoms with E-state index in [0.29, 0.717) is 5.92 Å². The first-order chi connectivity index (χ1) is 8.71. The molecule has 1 unspecified atom stereocenters. The summed E-state index contributed by atoms with van der Waals surface area (Å²) >= 11 is -1.90. The second-order valence-electron chi connectivity index (χ2n) is 5.84. The van der Waals surface area contributed by atoms with E-state index >= 15 is 0 Å². The minimum Gasteiger partial charge on any atom is -0.444 e. The van der Waals surface area contributed by atoms with E-state index in [4.69, 9.17) is 15.0 Å². The highest BCUT2D eigenvalue weighted by Crippen LogP contribution is 2.33. The van der Waals surface area contributed by atoms with Crippen LogP contribution in [0.15, 0.2) is 0 Å². The van der Waals surface area contributed by atoms with Gasteiger partial charge in [0.15, 0.2) is 0 Å². The number of nitrogens with zero attached hydrogens (tertiary/aromatic N) is 1. The number of carbonyl (C=O) groups is 1. The molecule has 0 bridgehead atoms. The smallest absolute Gasteiger partial charge is 0.405 e. The van der Waals surface area contributed by atoms with Crippen LogP contribution in [0.5, 0.6) is 0 Å². The summed E-state index contributed by atoms with van der Waals surface area (Å²) in [5, 5.41) is 0. The number of amides is 1. The average molecular weight is 292 g/mol. The highest BCUT2D eigenvalue weighted by molar-refractivity contribution is 7.76. The number of primary amides is 1. The molecule has 1 amide bonds. The molecule has 0 aromatic rings. The Balaban J connectivity index is 2.42. The molecule has 0 radical (unpaired) electrons. The van der Waals surface area contributed by atoms with Crippen LogP contribution in [0.25, 0.3) is 0 Å². The molecule has 0 spiro atoms. The van der Waals surface area contributed by atoms with Gasteiger partial charge in [0.1, 0.15) is 5.60 Å². The molecule has 1 aliphatic carbocycles. The highest BCUT2D eigenvalue weighted by atomic mass is 32.2. The molecule has 0 saturated heterocycles. The predicted molar refractivity (Wildman–Crippen MR) is 73.6 cm³/mol. The Morgan fingerprint density at radius 2 is 1.95 bits per heavy atom. The van der Waals surface area contributed by atoms with Crippen molar-refractivity contribution in [1.82, 2.24) is 4.31 Å². The lowest BCUT2D eigenvalue weighted by Gasteiger charge is -2.35. The van der Waals surface area contributed by atoms with Crippen molar-refractivity contribution in [3.8, 4) is 0 Å². The van der Waals surface area contributed by atoms with E-state index in [0.717, 1.165) is 32.1 Å². The molecule has 3 N–H and O–H groups in total. The van der Waals surface area contributed by atoms with Crippen LogP contribution >= 0.6 is 0 Å². The normalized spacial score (nSPS) is 26.2. The average Bonchev–Trinajstić information content (AvgIpc) is 2.26. The van der Waals surface area contributed by atoms with E-state index in [9.17, 15) is 9.00 Å². The van der Waals surface area contributed by atoms with Crippen LogP contribution in [0.1, 0.15) is 46.0 Å². The van der Waals surface area contributed by atoms with E-state index in [1.165, 1.54) is 4.31 Å². The third-order valence-electron chi connectivity index (χ3n) is 3.73. The van der Waals surface area contributed by atoms with E-state index in [1.54, 1.807) is 7.05 Å². The standard InChI is InChI=1S/C12H24N2O4S/c1-12(2,18-11(13)15)8-9-4-6-10(7-5-9)14(3)19(16)17/h9-10H,4-8H2,1-3H3,(H2,13,15)(H,16,17). The summed E-state index contributed by atoms with van der Waals surface area (Å²) in [6.45, 7) is 3.72. The number of hydrogen-bond acceptors (Lipinski definition) is 3. The molecular weight excluding hydrogens is 268 g/mol. The SMILES string of the molecule is CN(C1CCC(CC(C)(C)OC(N)=O)CC1)S(=O)O. The summed E-state index contributed by atoms with van der Waals surface area (Å²) in [6, 6.07) is 0.155. The molecule has 0 heterocycles. The Kier molecular flexibility index (Phi) is 5.76. The number of hydrogen-bond donors (Lipinski definition) is 2. The van der Waals surface area contributed by atoms with Gasteiger partial charge in [0.25, 0.3) is 0 Å². The maximum atomic E-state index is 11.0. The van der Waals surface area contributed by atoms with Crippen LogP contribution in [0, 0.1) is 5.92 Å². The zero-order chi connectivity index (χ0) is 14.6. The minimum atomic E-state index is -1.90. The number of ether oxygens (including phenoxy) is 1. The van der Waals surface area contributed by atoms with Crippen LogP contribution in [-0.2, 0) is 16.0 Å². The van der Waals surface area contributed by atoms with Gasteiger partial charge in [-0.2, -0.15) is 0 Å². The molecule has 112 valence electrons. The Hall–Kier alpha value is -0.660. The maximum Gasteiger partial charge on any atom is 0.405 e. The van der Waals surface area contributed by atoms with Gasteiger partial charge < -0.3 is 10.5 Å². The largest absolute Gasteiger partial charge is 0.444 e. The second kappa shape index (κ2) is 6.67. The Morgan fingerprint density at radius 3 is 2.37 bits per heavy atom. The van der Waals surface area contributed by atoms with Crippen LogP contribution in [-0.4, -0.2) is 37.9 Å².